The monoisotopic (exact) mass is 378 g/mol. The first-order valence-corrected chi connectivity index (χ1v) is 7.68. The predicted octanol–water partition coefficient (Wildman–Crippen LogP) is 2.76. The molecule has 0 bridgehead atoms. The number of nitrogens with one attached hydrogen (secondary N) is 2. The van der Waals surface area contributed by atoms with Gasteiger partial charge in [-0.15, -0.1) is 0 Å². The number of H-pyrrole nitrogens is 1. The molecule has 24 heavy (non-hydrogen) atoms. The quantitative estimate of drug-likeness (QED) is 0.561. The topological polar surface area (TPSA) is 101 Å². The lowest BCUT2D eigenvalue weighted by atomic mass is 10.1. The summed E-state index contributed by atoms with van der Waals surface area (Å²) < 4.78 is 38.8. The highest BCUT2D eigenvalue weighted by molar-refractivity contribution is 7.99. The number of anilines is 2. The predicted molar refractivity (Wildman–Crippen MR) is 85.1 cm³/mol. The molecule has 4 N–H and O–H groups in total. The Morgan fingerprint density at radius 1 is 1.38 bits per heavy atom. The van der Waals surface area contributed by atoms with E-state index in [1.807, 2.05) is 0 Å². The van der Waals surface area contributed by atoms with Gasteiger partial charge in [-0.25, -0.2) is 4.98 Å². The number of benzene rings is 1. The summed E-state index contributed by atoms with van der Waals surface area (Å²) in [5, 5.41) is 2.14. The second-order valence-corrected chi connectivity index (χ2v) is 5.90. The van der Waals surface area contributed by atoms with Gasteiger partial charge in [-0.3, -0.25) is 9.59 Å². The van der Waals surface area contributed by atoms with Gasteiger partial charge in [-0.2, -0.15) is 13.2 Å². The van der Waals surface area contributed by atoms with E-state index in [-0.39, 0.29) is 21.7 Å². The summed E-state index contributed by atoms with van der Waals surface area (Å²) in [4.78, 5) is 29.2. The Hall–Kier alpha value is -2.20. The van der Waals surface area contributed by atoms with Crippen LogP contribution < -0.4 is 16.6 Å². The van der Waals surface area contributed by atoms with Crippen LogP contribution in [-0.2, 0) is 11.0 Å². The molecule has 0 atom stereocenters. The minimum absolute atomic E-state index is 0.0290. The number of aromatic amines is 1. The highest BCUT2D eigenvalue weighted by Crippen LogP contribution is 2.36. The summed E-state index contributed by atoms with van der Waals surface area (Å²) in [6, 6.07) is 4.08. The van der Waals surface area contributed by atoms with Crippen molar-refractivity contribution in [2.24, 2.45) is 0 Å². The summed E-state index contributed by atoms with van der Waals surface area (Å²) >= 11 is 6.39. The summed E-state index contributed by atoms with van der Waals surface area (Å²) in [7, 11) is 0. The molecule has 0 saturated heterocycles. The molecule has 1 aromatic heterocycles. The number of carbonyl (C=O) groups is 1. The number of nitrogens with zero attached hydrogens (tertiary/aromatic N) is 1. The Kier molecular flexibility index (Phi) is 5.40. The van der Waals surface area contributed by atoms with Gasteiger partial charge in [-0.1, -0.05) is 23.4 Å². The molecule has 2 rings (SSSR count). The molecule has 1 amide bonds. The number of amides is 1. The summed E-state index contributed by atoms with van der Waals surface area (Å²) in [6.07, 6.45) is -4.67. The highest BCUT2D eigenvalue weighted by atomic mass is 35.5. The molecule has 0 aliphatic carbocycles. The molecule has 6 nitrogen and oxygen atoms in total. The molecule has 0 saturated carbocycles. The van der Waals surface area contributed by atoms with Gasteiger partial charge >= 0.3 is 6.18 Å². The van der Waals surface area contributed by atoms with E-state index >= 15 is 0 Å². The van der Waals surface area contributed by atoms with Crippen LogP contribution in [0.25, 0.3) is 0 Å². The number of thioether (sulfide) groups is 1. The summed E-state index contributed by atoms with van der Waals surface area (Å²) in [5.74, 6) is -1.01. The fraction of sp³-hybridized carbons (Fsp3) is 0.154. The van der Waals surface area contributed by atoms with E-state index in [1.54, 1.807) is 0 Å². The Bertz CT molecular complexity index is 826. The Labute approximate surface area is 142 Å². The fourth-order valence-electron chi connectivity index (χ4n) is 1.70. The minimum Gasteiger partial charge on any atom is -0.383 e. The maximum Gasteiger partial charge on any atom is 0.418 e. The zero-order valence-electron chi connectivity index (χ0n) is 11.8. The molecule has 0 fully saturated rings. The molecule has 0 aliphatic heterocycles. The first kappa shape index (κ1) is 18.1. The molecule has 2 aromatic rings. The molecule has 1 heterocycles. The molecule has 0 aliphatic rings. The first-order valence-electron chi connectivity index (χ1n) is 6.31. The van der Waals surface area contributed by atoms with Crippen molar-refractivity contribution in [2.75, 3.05) is 16.8 Å². The number of nitrogen functional groups attached to an aromatic ring is 1. The average Bonchev–Trinajstić information content (AvgIpc) is 2.45. The Balaban J connectivity index is 2.09. The zero-order chi connectivity index (χ0) is 17.9. The molecular weight excluding hydrogens is 369 g/mol. The van der Waals surface area contributed by atoms with Crippen LogP contribution in [0.2, 0.25) is 5.02 Å². The molecule has 0 spiro atoms. The number of nitrogens with two attached hydrogens (primary N) is 1. The normalized spacial score (nSPS) is 11.3. The third-order valence-electron chi connectivity index (χ3n) is 2.64. The molecule has 128 valence electrons. The van der Waals surface area contributed by atoms with Crippen molar-refractivity contribution in [2.45, 2.75) is 11.3 Å². The van der Waals surface area contributed by atoms with Crippen LogP contribution in [0.15, 0.2) is 34.2 Å². The standard InChI is InChI=1S/C13H10ClF3N4O2S/c14-6-1-2-8(7(3-6)13(15,16)17)19-11(23)5-24-12-20-9(18)4-10(22)21-12/h1-4H,5H2,(H,19,23)(H3,18,20,21,22). The largest absolute Gasteiger partial charge is 0.418 e. The van der Waals surface area contributed by atoms with Crippen molar-refractivity contribution in [3.8, 4) is 0 Å². The number of aromatic nitrogens is 2. The minimum atomic E-state index is -4.67. The number of alkyl halides is 3. The van der Waals surface area contributed by atoms with E-state index in [9.17, 15) is 22.8 Å². The van der Waals surface area contributed by atoms with E-state index in [4.69, 9.17) is 17.3 Å². The molecule has 1 aromatic carbocycles. The fourth-order valence-corrected chi connectivity index (χ4v) is 2.56. The van der Waals surface area contributed by atoms with E-state index in [0.717, 1.165) is 30.0 Å². The number of rotatable bonds is 4. The van der Waals surface area contributed by atoms with Crippen molar-refractivity contribution in [1.82, 2.24) is 9.97 Å². The van der Waals surface area contributed by atoms with Gasteiger partial charge in [0.1, 0.15) is 5.82 Å². The van der Waals surface area contributed by atoms with Gasteiger partial charge in [0.25, 0.3) is 5.56 Å². The van der Waals surface area contributed by atoms with Crippen LogP contribution in [0.5, 0.6) is 0 Å². The number of halogens is 4. The van der Waals surface area contributed by atoms with Crippen molar-refractivity contribution in [1.29, 1.82) is 0 Å². The zero-order valence-corrected chi connectivity index (χ0v) is 13.4. The van der Waals surface area contributed by atoms with Crippen LogP contribution in [0.4, 0.5) is 24.7 Å². The average molecular weight is 379 g/mol. The third kappa shape index (κ3) is 4.90. The number of carbonyl (C=O) groups excluding carboxylic acids is 1. The lowest BCUT2D eigenvalue weighted by molar-refractivity contribution is -0.137. The molecule has 0 unspecified atom stereocenters. The summed E-state index contributed by atoms with van der Waals surface area (Å²) in [5.41, 5.74) is 3.43. The van der Waals surface area contributed by atoms with Crippen LogP contribution in [0.1, 0.15) is 5.56 Å². The van der Waals surface area contributed by atoms with Gasteiger partial charge in [0.05, 0.1) is 17.0 Å². The lowest BCUT2D eigenvalue weighted by Crippen LogP contribution is -2.18. The van der Waals surface area contributed by atoms with E-state index < -0.39 is 28.9 Å². The van der Waals surface area contributed by atoms with E-state index in [2.05, 4.69) is 15.3 Å². The molecule has 0 radical (unpaired) electrons. The van der Waals surface area contributed by atoms with E-state index in [1.165, 1.54) is 6.07 Å². The van der Waals surface area contributed by atoms with Gasteiger partial charge in [0, 0.05) is 11.1 Å². The lowest BCUT2D eigenvalue weighted by Gasteiger charge is -2.14. The number of hydrogen-bond acceptors (Lipinski definition) is 5. The second-order valence-electron chi connectivity index (χ2n) is 4.50. The van der Waals surface area contributed by atoms with Gasteiger partial charge in [-0.05, 0) is 18.2 Å². The van der Waals surface area contributed by atoms with Crippen molar-refractivity contribution >= 4 is 40.8 Å². The van der Waals surface area contributed by atoms with Crippen LogP contribution >= 0.6 is 23.4 Å². The van der Waals surface area contributed by atoms with Crippen LogP contribution in [-0.4, -0.2) is 21.6 Å². The van der Waals surface area contributed by atoms with Crippen LogP contribution in [0.3, 0.4) is 0 Å². The van der Waals surface area contributed by atoms with Crippen LogP contribution in [0, 0.1) is 0 Å². The maximum atomic E-state index is 12.9. The van der Waals surface area contributed by atoms with E-state index in [0.29, 0.717) is 0 Å². The highest BCUT2D eigenvalue weighted by Gasteiger charge is 2.34. The van der Waals surface area contributed by atoms with Crippen molar-refractivity contribution in [3.63, 3.8) is 0 Å². The maximum absolute atomic E-state index is 12.9. The van der Waals surface area contributed by atoms with Crippen molar-refractivity contribution in [3.05, 3.63) is 45.2 Å². The Morgan fingerprint density at radius 3 is 2.71 bits per heavy atom. The first-order chi connectivity index (χ1) is 11.1. The second kappa shape index (κ2) is 7.14. The van der Waals surface area contributed by atoms with Gasteiger partial charge in [0.15, 0.2) is 5.16 Å². The van der Waals surface area contributed by atoms with Gasteiger partial charge < -0.3 is 16.0 Å². The Morgan fingerprint density at radius 2 is 2.08 bits per heavy atom. The smallest absolute Gasteiger partial charge is 0.383 e. The third-order valence-corrected chi connectivity index (χ3v) is 3.75. The van der Waals surface area contributed by atoms with Gasteiger partial charge in [0.2, 0.25) is 5.91 Å². The molecule has 11 heteroatoms. The number of hydrogen-bond donors (Lipinski definition) is 3. The molecular formula is C13H10ClF3N4O2S. The van der Waals surface area contributed by atoms with Crippen molar-refractivity contribution < 1.29 is 18.0 Å². The SMILES string of the molecule is Nc1cc(=O)[nH]c(SCC(=O)Nc2ccc(Cl)cc2C(F)(F)F)n1. The summed E-state index contributed by atoms with van der Waals surface area (Å²) in [6.45, 7) is 0.